The van der Waals surface area contributed by atoms with Crippen LogP contribution in [-0.2, 0) is 31.1 Å². The number of amides is 4. The molecule has 4 aromatic carbocycles. The molecule has 6 unspecified atom stereocenters. The molecule has 11 heteroatoms. The van der Waals surface area contributed by atoms with Crippen LogP contribution < -0.4 is 5.43 Å². The van der Waals surface area contributed by atoms with Crippen LogP contribution in [0.3, 0.4) is 0 Å². The second kappa shape index (κ2) is 12.1. The number of hydrogen-bond donors (Lipinski definition) is 2. The SMILES string of the molecule is O=C1C2CC=C3C(CC4C(=O)N(Nc5ccc(F)cc5)C(=O)C4(c4ccc(Cl)cc4)C3c3cc(Cl)ccc3O)C2C(=O)N1Cc1ccccc1. The molecule has 2 aliphatic heterocycles. The molecule has 252 valence electrons. The van der Waals surface area contributed by atoms with Crippen LogP contribution in [-0.4, -0.2) is 38.6 Å². The number of fused-ring (bicyclic) bond motifs is 4. The van der Waals surface area contributed by atoms with Gasteiger partial charge in [-0.15, -0.1) is 0 Å². The lowest BCUT2D eigenvalue weighted by atomic mass is 9.49. The number of carbonyl (C=O) groups excluding carboxylic acids is 4. The molecule has 6 atom stereocenters. The predicted octanol–water partition coefficient (Wildman–Crippen LogP) is 7.02. The van der Waals surface area contributed by atoms with Crippen LogP contribution in [0, 0.1) is 29.5 Å². The van der Waals surface area contributed by atoms with Crippen LogP contribution in [0.1, 0.15) is 35.4 Å². The lowest BCUT2D eigenvalue weighted by Gasteiger charge is -2.50. The van der Waals surface area contributed by atoms with Crippen LogP contribution in [0.25, 0.3) is 0 Å². The van der Waals surface area contributed by atoms with Gasteiger partial charge in [-0.25, -0.2) is 4.39 Å². The summed E-state index contributed by atoms with van der Waals surface area (Å²) in [5.74, 6) is -6.41. The standard InChI is InChI=1S/C39H30Cl2FN3O5/c40-23-8-6-22(7-9-23)39-31(36(48)45(38(39)50)43-26-13-11-25(42)12-14-26)19-29-27(34(39)30-18-24(41)10-17-32(30)46)15-16-28-33(29)37(49)44(35(28)47)20-21-4-2-1-3-5-21/h1-15,17-18,28-29,31,33-34,43,46H,16,19-20H2. The highest BCUT2D eigenvalue weighted by atomic mass is 35.5. The lowest BCUT2D eigenvalue weighted by molar-refractivity contribution is -0.142. The van der Waals surface area contributed by atoms with Crippen LogP contribution >= 0.6 is 23.2 Å². The first-order valence-corrected chi connectivity index (χ1v) is 17.1. The van der Waals surface area contributed by atoms with Gasteiger partial charge in [0.05, 0.1) is 35.4 Å². The Morgan fingerprint density at radius 2 is 1.52 bits per heavy atom. The molecular weight excluding hydrogens is 680 g/mol. The van der Waals surface area contributed by atoms with Gasteiger partial charge in [0.2, 0.25) is 11.8 Å². The molecule has 0 bridgehead atoms. The number of imide groups is 2. The number of halogens is 3. The zero-order valence-electron chi connectivity index (χ0n) is 26.4. The Labute approximate surface area is 297 Å². The van der Waals surface area contributed by atoms with Crippen molar-refractivity contribution in [1.82, 2.24) is 9.91 Å². The van der Waals surface area contributed by atoms with Gasteiger partial charge in [-0.1, -0.05) is 77.3 Å². The second-order valence-electron chi connectivity index (χ2n) is 13.3. The van der Waals surface area contributed by atoms with Gasteiger partial charge in [0.15, 0.2) is 0 Å². The average Bonchev–Trinajstić information content (AvgIpc) is 3.48. The maximum absolute atomic E-state index is 15.1. The van der Waals surface area contributed by atoms with Crippen LogP contribution in [0.2, 0.25) is 10.0 Å². The zero-order valence-corrected chi connectivity index (χ0v) is 27.9. The summed E-state index contributed by atoms with van der Waals surface area (Å²) in [7, 11) is 0. The van der Waals surface area contributed by atoms with Crippen LogP contribution in [0.5, 0.6) is 5.75 Å². The van der Waals surface area contributed by atoms with E-state index in [4.69, 9.17) is 23.2 Å². The van der Waals surface area contributed by atoms with E-state index in [2.05, 4.69) is 5.43 Å². The summed E-state index contributed by atoms with van der Waals surface area (Å²) in [5, 5.41) is 13.2. The molecule has 4 aromatic rings. The molecule has 8 nitrogen and oxygen atoms in total. The van der Waals surface area contributed by atoms with Crippen molar-refractivity contribution in [3.8, 4) is 5.75 Å². The summed E-state index contributed by atoms with van der Waals surface area (Å²) in [6, 6.07) is 25.8. The van der Waals surface area contributed by atoms with Crippen molar-refractivity contribution in [2.24, 2.45) is 23.7 Å². The highest BCUT2D eigenvalue weighted by Gasteiger charge is 2.70. The van der Waals surface area contributed by atoms with Gasteiger partial charge in [-0.2, -0.15) is 5.01 Å². The highest BCUT2D eigenvalue weighted by Crippen LogP contribution is 2.65. The summed E-state index contributed by atoms with van der Waals surface area (Å²) < 4.78 is 13.8. The fourth-order valence-corrected chi connectivity index (χ4v) is 9.05. The van der Waals surface area contributed by atoms with Gasteiger partial charge in [-0.3, -0.25) is 29.5 Å². The van der Waals surface area contributed by atoms with E-state index in [9.17, 15) is 23.9 Å². The molecule has 50 heavy (non-hydrogen) atoms. The number of allylic oxidation sites excluding steroid dienone is 2. The third kappa shape index (κ3) is 4.86. The van der Waals surface area contributed by atoms with Crippen molar-refractivity contribution in [2.75, 3.05) is 5.43 Å². The van der Waals surface area contributed by atoms with Gasteiger partial charge >= 0.3 is 0 Å². The third-order valence-electron chi connectivity index (χ3n) is 10.8. The minimum atomic E-state index is -1.62. The largest absolute Gasteiger partial charge is 0.508 e. The Hall–Kier alpha value is -4.99. The normalized spacial score (nSPS) is 27.2. The van der Waals surface area contributed by atoms with E-state index in [1.54, 1.807) is 30.3 Å². The Kier molecular flexibility index (Phi) is 7.80. The fraction of sp³-hybridized carbons (Fsp3) is 0.231. The quantitative estimate of drug-likeness (QED) is 0.165. The number of phenols is 1. The summed E-state index contributed by atoms with van der Waals surface area (Å²) in [6.07, 6.45) is 2.23. The van der Waals surface area contributed by atoms with Crippen molar-refractivity contribution in [3.05, 3.63) is 141 Å². The molecule has 0 aromatic heterocycles. The second-order valence-corrected chi connectivity index (χ2v) is 14.2. The number of aromatic hydroxyl groups is 1. The molecule has 4 aliphatic rings. The van der Waals surface area contributed by atoms with E-state index in [-0.39, 0.29) is 37.0 Å². The molecule has 2 saturated heterocycles. The number of hydrazine groups is 1. The van der Waals surface area contributed by atoms with E-state index in [0.717, 1.165) is 10.6 Å². The summed E-state index contributed by atoms with van der Waals surface area (Å²) >= 11 is 12.9. The number of anilines is 1. The van der Waals surface area contributed by atoms with Crippen molar-refractivity contribution < 1.29 is 28.7 Å². The van der Waals surface area contributed by atoms with Gasteiger partial charge in [0, 0.05) is 21.5 Å². The average molecular weight is 711 g/mol. The molecule has 2 aliphatic carbocycles. The Morgan fingerprint density at radius 1 is 0.820 bits per heavy atom. The summed E-state index contributed by atoms with van der Waals surface area (Å²) in [5.41, 5.74) is 3.89. The van der Waals surface area contributed by atoms with E-state index in [0.29, 0.717) is 32.4 Å². The van der Waals surface area contributed by atoms with Gasteiger partial charge in [-0.05, 0) is 84.5 Å². The number of nitrogens with zero attached hydrogens (tertiary/aromatic N) is 2. The summed E-state index contributed by atoms with van der Waals surface area (Å²) in [4.78, 5) is 59.3. The first kappa shape index (κ1) is 32.2. The van der Waals surface area contributed by atoms with Gasteiger partial charge < -0.3 is 5.11 Å². The van der Waals surface area contributed by atoms with Crippen LogP contribution in [0.4, 0.5) is 10.1 Å². The smallest absolute Gasteiger partial charge is 0.260 e. The van der Waals surface area contributed by atoms with E-state index in [1.807, 2.05) is 36.4 Å². The number of likely N-dealkylation sites (tertiary alicyclic amines) is 1. The Morgan fingerprint density at radius 3 is 2.24 bits per heavy atom. The number of nitrogens with one attached hydrogen (secondary N) is 1. The van der Waals surface area contributed by atoms with E-state index in [1.165, 1.54) is 41.3 Å². The topological polar surface area (TPSA) is 107 Å². The maximum Gasteiger partial charge on any atom is 0.260 e. The molecule has 4 amide bonds. The number of carbonyl (C=O) groups is 4. The predicted molar refractivity (Wildman–Crippen MR) is 184 cm³/mol. The van der Waals surface area contributed by atoms with Crippen LogP contribution in [0.15, 0.2) is 109 Å². The minimum Gasteiger partial charge on any atom is -0.508 e. The Balaban J connectivity index is 1.31. The third-order valence-corrected chi connectivity index (χ3v) is 11.3. The van der Waals surface area contributed by atoms with Crippen molar-refractivity contribution in [3.63, 3.8) is 0 Å². The number of hydrogen-bond acceptors (Lipinski definition) is 6. The zero-order chi connectivity index (χ0) is 34.9. The fourth-order valence-electron chi connectivity index (χ4n) is 8.74. The lowest BCUT2D eigenvalue weighted by Crippen LogP contribution is -2.53. The summed E-state index contributed by atoms with van der Waals surface area (Å²) in [6.45, 7) is 0.122. The monoisotopic (exact) mass is 709 g/mol. The van der Waals surface area contributed by atoms with Crippen molar-refractivity contribution >= 4 is 52.5 Å². The van der Waals surface area contributed by atoms with Gasteiger partial charge in [0.1, 0.15) is 11.6 Å². The maximum atomic E-state index is 15.1. The number of benzene rings is 4. The molecule has 2 heterocycles. The molecule has 3 fully saturated rings. The van der Waals surface area contributed by atoms with Gasteiger partial charge in [0.25, 0.3) is 11.8 Å². The number of phenolic OH excluding ortho intramolecular Hbond substituents is 1. The first-order chi connectivity index (χ1) is 24.1. The first-order valence-electron chi connectivity index (χ1n) is 16.3. The van der Waals surface area contributed by atoms with Crippen molar-refractivity contribution in [2.45, 2.75) is 30.7 Å². The molecule has 2 N–H and O–H groups in total. The molecule has 0 spiro atoms. The molecular formula is C39H30Cl2FN3O5. The Bertz CT molecular complexity index is 2090. The molecule has 0 radical (unpaired) electrons. The van der Waals surface area contributed by atoms with Crippen molar-refractivity contribution in [1.29, 1.82) is 0 Å². The molecule has 8 rings (SSSR count). The molecule has 1 saturated carbocycles. The minimum absolute atomic E-state index is 0.0812. The van der Waals surface area contributed by atoms with E-state index >= 15 is 4.79 Å². The highest BCUT2D eigenvalue weighted by molar-refractivity contribution is 6.31. The number of rotatable bonds is 6. The van der Waals surface area contributed by atoms with E-state index < -0.39 is 52.6 Å².